The van der Waals surface area contributed by atoms with Crippen LogP contribution in [-0.2, 0) is 6.42 Å². The number of aromatic nitrogens is 1. The standard InChI is InChI=1S/C17H24N2OS/c1-6-18-15(17-12(3)19-13(4)21-17)10-14-9-11(2)7-8-16(14)20-5/h7-9,15,18H,6,10H2,1-5H3. The lowest BCUT2D eigenvalue weighted by Crippen LogP contribution is -2.23. The molecular formula is C17H24N2OS. The maximum absolute atomic E-state index is 5.51. The Bertz CT molecular complexity index is 607. The molecule has 0 aliphatic heterocycles. The predicted octanol–water partition coefficient (Wildman–Crippen LogP) is 3.97. The van der Waals surface area contributed by atoms with E-state index in [2.05, 4.69) is 56.2 Å². The van der Waals surface area contributed by atoms with Gasteiger partial charge in [-0.3, -0.25) is 0 Å². The molecule has 0 amide bonds. The van der Waals surface area contributed by atoms with Crippen molar-refractivity contribution < 1.29 is 4.74 Å². The topological polar surface area (TPSA) is 34.1 Å². The summed E-state index contributed by atoms with van der Waals surface area (Å²) in [4.78, 5) is 5.89. The molecule has 3 nitrogen and oxygen atoms in total. The summed E-state index contributed by atoms with van der Waals surface area (Å²) < 4.78 is 5.51. The van der Waals surface area contributed by atoms with Crippen molar-refractivity contribution in [2.45, 2.75) is 40.2 Å². The first-order chi connectivity index (χ1) is 10.0. The highest BCUT2D eigenvalue weighted by atomic mass is 32.1. The molecule has 1 N–H and O–H groups in total. The van der Waals surface area contributed by atoms with E-state index < -0.39 is 0 Å². The average molecular weight is 304 g/mol. The van der Waals surface area contributed by atoms with E-state index >= 15 is 0 Å². The van der Waals surface area contributed by atoms with Crippen LogP contribution in [0.1, 0.15) is 39.7 Å². The van der Waals surface area contributed by atoms with Gasteiger partial charge in [0.05, 0.1) is 17.8 Å². The molecule has 0 saturated heterocycles. The van der Waals surface area contributed by atoms with Crippen molar-refractivity contribution in [2.75, 3.05) is 13.7 Å². The molecule has 0 bridgehead atoms. The Labute approximate surface area is 131 Å². The van der Waals surface area contributed by atoms with Gasteiger partial charge in [0.2, 0.25) is 0 Å². The Hall–Kier alpha value is -1.39. The monoisotopic (exact) mass is 304 g/mol. The molecule has 0 spiro atoms. The van der Waals surface area contributed by atoms with Crippen molar-refractivity contribution in [3.8, 4) is 5.75 Å². The number of methoxy groups -OCH3 is 1. The fourth-order valence-corrected chi connectivity index (χ4v) is 3.66. The van der Waals surface area contributed by atoms with E-state index in [0.717, 1.165) is 29.4 Å². The summed E-state index contributed by atoms with van der Waals surface area (Å²) in [6.07, 6.45) is 0.918. The Morgan fingerprint density at radius 3 is 2.62 bits per heavy atom. The zero-order chi connectivity index (χ0) is 15.4. The Morgan fingerprint density at radius 2 is 2.05 bits per heavy atom. The van der Waals surface area contributed by atoms with E-state index in [9.17, 15) is 0 Å². The molecule has 0 saturated carbocycles. The number of thiazole rings is 1. The van der Waals surface area contributed by atoms with Crippen LogP contribution >= 0.6 is 11.3 Å². The second-order valence-corrected chi connectivity index (χ2v) is 6.55. The normalized spacial score (nSPS) is 12.4. The minimum Gasteiger partial charge on any atom is -0.496 e. The van der Waals surface area contributed by atoms with Crippen molar-refractivity contribution in [3.05, 3.63) is 44.9 Å². The van der Waals surface area contributed by atoms with Crippen LogP contribution in [0.15, 0.2) is 18.2 Å². The van der Waals surface area contributed by atoms with Crippen LogP contribution in [0.4, 0.5) is 0 Å². The number of hydrogen-bond acceptors (Lipinski definition) is 4. The van der Waals surface area contributed by atoms with Crippen LogP contribution in [0.5, 0.6) is 5.75 Å². The molecule has 0 radical (unpaired) electrons. The summed E-state index contributed by atoms with van der Waals surface area (Å²) in [7, 11) is 1.73. The van der Waals surface area contributed by atoms with Gasteiger partial charge < -0.3 is 10.1 Å². The van der Waals surface area contributed by atoms with Gasteiger partial charge in [-0.05, 0) is 45.4 Å². The lowest BCUT2D eigenvalue weighted by atomic mass is 10.0. The van der Waals surface area contributed by atoms with Gasteiger partial charge in [-0.2, -0.15) is 0 Å². The molecule has 4 heteroatoms. The van der Waals surface area contributed by atoms with Gasteiger partial charge in [-0.25, -0.2) is 4.98 Å². The van der Waals surface area contributed by atoms with Crippen LogP contribution < -0.4 is 10.1 Å². The van der Waals surface area contributed by atoms with Gasteiger partial charge in [0.1, 0.15) is 5.75 Å². The fraction of sp³-hybridized carbons (Fsp3) is 0.471. The van der Waals surface area contributed by atoms with Crippen LogP contribution in [0.3, 0.4) is 0 Å². The molecule has 1 heterocycles. The maximum Gasteiger partial charge on any atom is 0.122 e. The van der Waals surface area contributed by atoms with Crippen molar-refractivity contribution in [3.63, 3.8) is 0 Å². The number of rotatable bonds is 6. The minimum absolute atomic E-state index is 0.289. The largest absolute Gasteiger partial charge is 0.496 e. The van der Waals surface area contributed by atoms with Crippen molar-refractivity contribution in [1.82, 2.24) is 10.3 Å². The fourth-order valence-electron chi connectivity index (χ4n) is 2.66. The first kappa shape index (κ1) is 16.0. The molecule has 2 aromatic rings. The van der Waals surface area contributed by atoms with Crippen LogP contribution in [0.2, 0.25) is 0 Å². The first-order valence-electron chi connectivity index (χ1n) is 7.36. The van der Waals surface area contributed by atoms with E-state index in [1.807, 2.05) is 0 Å². The summed E-state index contributed by atoms with van der Waals surface area (Å²) in [5.74, 6) is 0.961. The SMILES string of the molecule is CCNC(Cc1cc(C)ccc1OC)c1sc(C)nc1C. The predicted molar refractivity (Wildman–Crippen MR) is 89.4 cm³/mol. The molecule has 0 fully saturated rings. The van der Waals surface area contributed by atoms with Gasteiger partial charge in [0.15, 0.2) is 0 Å². The smallest absolute Gasteiger partial charge is 0.122 e. The number of hydrogen-bond donors (Lipinski definition) is 1. The summed E-state index contributed by atoms with van der Waals surface area (Å²) in [6, 6.07) is 6.65. The highest BCUT2D eigenvalue weighted by Crippen LogP contribution is 2.30. The quantitative estimate of drug-likeness (QED) is 0.877. The molecule has 2 rings (SSSR count). The summed E-state index contributed by atoms with van der Waals surface area (Å²) in [5, 5.41) is 4.71. The Balaban J connectivity index is 2.32. The zero-order valence-corrected chi connectivity index (χ0v) is 14.3. The molecule has 1 unspecified atom stereocenters. The lowest BCUT2D eigenvalue weighted by molar-refractivity contribution is 0.405. The van der Waals surface area contributed by atoms with E-state index in [0.29, 0.717) is 0 Å². The summed E-state index contributed by atoms with van der Waals surface area (Å²) in [6.45, 7) is 9.36. The van der Waals surface area contributed by atoms with Gasteiger partial charge in [0, 0.05) is 10.9 Å². The number of nitrogens with one attached hydrogen (secondary N) is 1. The second-order valence-electron chi connectivity index (χ2n) is 5.31. The van der Waals surface area contributed by atoms with Gasteiger partial charge >= 0.3 is 0 Å². The van der Waals surface area contributed by atoms with Gasteiger partial charge in [-0.15, -0.1) is 11.3 Å². The van der Waals surface area contributed by atoms with Gasteiger partial charge in [-0.1, -0.05) is 24.6 Å². The molecule has 1 atom stereocenters. The molecule has 0 aliphatic carbocycles. The van der Waals surface area contributed by atoms with Crippen molar-refractivity contribution in [1.29, 1.82) is 0 Å². The van der Waals surface area contributed by atoms with E-state index in [1.54, 1.807) is 18.4 Å². The third-order valence-electron chi connectivity index (χ3n) is 3.57. The molecule has 1 aromatic heterocycles. The van der Waals surface area contributed by atoms with E-state index in [4.69, 9.17) is 4.74 Å². The number of ether oxygens (including phenoxy) is 1. The van der Waals surface area contributed by atoms with E-state index in [1.165, 1.54) is 16.0 Å². The van der Waals surface area contributed by atoms with Crippen molar-refractivity contribution in [2.24, 2.45) is 0 Å². The first-order valence-corrected chi connectivity index (χ1v) is 8.17. The molecule has 114 valence electrons. The highest BCUT2D eigenvalue weighted by Gasteiger charge is 2.19. The van der Waals surface area contributed by atoms with Gasteiger partial charge in [0.25, 0.3) is 0 Å². The molecule has 1 aromatic carbocycles. The Kier molecular flexibility index (Phi) is 5.37. The average Bonchev–Trinajstić information content (AvgIpc) is 2.77. The van der Waals surface area contributed by atoms with E-state index in [-0.39, 0.29) is 6.04 Å². The highest BCUT2D eigenvalue weighted by molar-refractivity contribution is 7.11. The van der Waals surface area contributed by atoms with Crippen molar-refractivity contribution >= 4 is 11.3 Å². The number of benzene rings is 1. The summed E-state index contributed by atoms with van der Waals surface area (Å²) >= 11 is 1.78. The zero-order valence-electron chi connectivity index (χ0n) is 13.5. The number of nitrogens with zero attached hydrogens (tertiary/aromatic N) is 1. The minimum atomic E-state index is 0.289. The number of aryl methyl sites for hydroxylation is 3. The second kappa shape index (κ2) is 7.05. The van der Waals surface area contributed by atoms with Crippen LogP contribution in [-0.4, -0.2) is 18.6 Å². The maximum atomic E-state index is 5.51. The third-order valence-corrected chi connectivity index (χ3v) is 4.75. The number of likely N-dealkylation sites (N-methyl/N-ethyl adjacent to an activating group) is 1. The van der Waals surface area contributed by atoms with Crippen LogP contribution in [0.25, 0.3) is 0 Å². The van der Waals surface area contributed by atoms with Crippen LogP contribution in [0, 0.1) is 20.8 Å². The third kappa shape index (κ3) is 3.83. The lowest BCUT2D eigenvalue weighted by Gasteiger charge is -2.19. The molecule has 0 aliphatic rings. The Morgan fingerprint density at radius 1 is 1.29 bits per heavy atom. The molecule has 21 heavy (non-hydrogen) atoms. The summed E-state index contributed by atoms with van der Waals surface area (Å²) in [5.41, 5.74) is 3.64. The molecular weight excluding hydrogens is 280 g/mol.